The van der Waals surface area contributed by atoms with Gasteiger partial charge in [-0.25, -0.2) is 13.2 Å². The Balaban J connectivity index is 1.80. The molecule has 0 aliphatic carbocycles. The lowest BCUT2D eigenvalue weighted by Crippen LogP contribution is -2.42. The topological polar surface area (TPSA) is 42.0 Å². The third-order valence-electron chi connectivity index (χ3n) is 3.79. The standard InChI is InChI=1S/C21H15F3N2O/c1-21(2,9-8-13-6-7-16(22)18(24)10-13)26-20(27)15-11-14-4-3-5-17(23)19(14)25-12-15/h3-7,10-12H,1-2H3,(H,26,27). The van der Waals surface area contributed by atoms with E-state index in [-0.39, 0.29) is 11.1 Å². The second kappa shape index (κ2) is 7.12. The molecule has 0 saturated carbocycles. The van der Waals surface area contributed by atoms with Crippen LogP contribution >= 0.6 is 0 Å². The summed E-state index contributed by atoms with van der Waals surface area (Å²) in [5.74, 6) is 2.70. The first-order chi connectivity index (χ1) is 12.7. The molecule has 0 aliphatic heterocycles. The lowest BCUT2D eigenvalue weighted by molar-refractivity contribution is 0.0929. The van der Waals surface area contributed by atoms with Crippen LogP contribution in [0.25, 0.3) is 10.9 Å². The molecule has 0 spiro atoms. The van der Waals surface area contributed by atoms with Gasteiger partial charge in [0.25, 0.3) is 5.91 Å². The minimum absolute atomic E-state index is 0.187. The summed E-state index contributed by atoms with van der Waals surface area (Å²) in [5.41, 5.74) is -0.208. The number of hydrogen-bond acceptors (Lipinski definition) is 2. The largest absolute Gasteiger partial charge is 0.336 e. The van der Waals surface area contributed by atoms with E-state index in [4.69, 9.17) is 0 Å². The number of nitrogens with one attached hydrogen (secondary N) is 1. The summed E-state index contributed by atoms with van der Waals surface area (Å²) in [4.78, 5) is 16.5. The zero-order valence-corrected chi connectivity index (χ0v) is 14.6. The van der Waals surface area contributed by atoms with Crippen molar-refractivity contribution in [3.05, 3.63) is 77.2 Å². The van der Waals surface area contributed by atoms with Gasteiger partial charge >= 0.3 is 0 Å². The predicted molar refractivity (Wildman–Crippen MR) is 96.5 cm³/mol. The van der Waals surface area contributed by atoms with Gasteiger partial charge in [-0.05, 0) is 44.2 Å². The molecule has 3 nitrogen and oxygen atoms in total. The van der Waals surface area contributed by atoms with Crippen molar-refractivity contribution >= 4 is 16.8 Å². The van der Waals surface area contributed by atoms with Crippen molar-refractivity contribution in [1.82, 2.24) is 10.3 Å². The van der Waals surface area contributed by atoms with Crippen LogP contribution in [0.5, 0.6) is 0 Å². The molecule has 0 bridgehead atoms. The third kappa shape index (κ3) is 4.26. The first kappa shape index (κ1) is 18.5. The molecule has 0 aliphatic rings. The van der Waals surface area contributed by atoms with Crippen molar-refractivity contribution in [2.75, 3.05) is 0 Å². The van der Waals surface area contributed by atoms with Gasteiger partial charge in [-0.3, -0.25) is 9.78 Å². The monoisotopic (exact) mass is 368 g/mol. The lowest BCUT2D eigenvalue weighted by Gasteiger charge is -2.20. The van der Waals surface area contributed by atoms with Gasteiger partial charge in [0, 0.05) is 17.1 Å². The van der Waals surface area contributed by atoms with Crippen LogP contribution in [-0.2, 0) is 0 Å². The molecule has 1 heterocycles. The minimum Gasteiger partial charge on any atom is -0.336 e. The highest BCUT2D eigenvalue weighted by Gasteiger charge is 2.19. The summed E-state index contributed by atoms with van der Waals surface area (Å²) in [6.45, 7) is 3.35. The Bertz CT molecular complexity index is 1100. The van der Waals surface area contributed by atoms with Gasteiger partial charge in [0.15, 0.2) is 11.6 Å². The SMILES string of the molecule is CC(C)(C#Cc1ccc(F)c(F)c1)NC(=O)c1cnc2c(F)cccc2c1. The number of nitrogens with zero attached hydrogens (tertiary/aromatic N) is 1. The fraction of sp³-hybridized carbons (Fsp3) is 0.143. The van der Waals surface area contributed by atoms with Crippen LogP contribution < -0.4 is 5.32 Å². The van der Waals surface area contributed by atoms with Crippen molar-refractivity contribution in [3.63, 3.8) is 0 Å². The molecule has 2 aromatic carbocycles. The number of fused-ring (bicyclic) bond motifs is 1. The third-order valence-corrected chi connectivity index (χ3v) is 3.79. The van der Waals surface area contributed by atoms with E-state index in [1.807, 2.05) is 0 Å². The van der Waals surface area contributed by atoms with E-state index >= 15 is 0 Å². The molecule has 0 saturated heterocycles. The van der Waals surface area contributed by atoms with E-state index in [0.717, 1.165) is 12.1 Å². The summed E-state index contributed by atoms with van der Waals surface area (Å²) in [5, 5.41) is 3.24. The zero-order valence-electron chi connectivity index (χ0n) is 14.6. The van der Waals surface area contributed by atoms with Crippen LogP contribution in [0.2, 0.25) is 0 Å². The molecule has 0 fully saturated rings. The Morgan fingerprint density at radius 3 is 2.56 bits per heavy atom. The van der Waals surface area contributed by atoms with Crippen molar-refractivity contribution < 1.29 is 18.0 Å². The average Bonchev–Trinajstić information content (AvgIpc) is 2.62. The number of carbonyl (C=O) groups is 1. The van der Waals surface area contributed by atoms with Crippen LogP contribution in [0.15, 0.2) is 48.7 Å². The highest BCUT2D eigenvalue weighted by molar-refractivity contribution is 5.97. The van der Waals surface area contributed by atoms with E-state index in [1.54, 1.807) is 26.0 Å². The van der Waals surface area contributed by atoms with E-state index in [2.05, 4.69) is 22.1 Å². The number of amides is 1. The summed E-state index contributed by atoms with van der Waals surface area (Å²) in [6.07, 6.45) is 1.29. The normalized spacial score (nSPS) is 11.0. The second-order valence-corrected chi connectivity index (χ2v) is 6.49. The zero-order chi connectivity index (χ0) is 19.6. The number of para-hydroxylation sites is 1. The van der Waals surface area contributed by atoms with E-state index in [9.17, 15) is 18.0 Å². The van der Waals surface area contributed by atoms with Gasteiger partial charge in [0.05, 0.1) is 11.1 Å². The summed E-state index contributed by atoms with van der Waals surface area (Å²) < 4.78 is 39.9. The highest BCUT2D eigenvalue weighted by Crippen LogP contribution is 2.17. The van der Waals surface area contributed by atoms with Gasteiger partial charge in [0.1, 0.15) is 11.3 Å². The number of benzene rings is 2. The van der Waals surface area contributed by atoms with E-state index in [0.29, 0.717) is 10.9 Å². The fourth-order valence-electron chi connectivity index (χ4n) is 2.44. The molecule has 0 unspecified atom stereocenters. The molecule has 0 atom stereocenters. The van der Waals surface area contributed by atoms with Crippen molar-refractivity contribution in [2.24, 2.45) is 0 Å². The molecule has 0 radical (unpaired) electrons. The molecule has 3 rings (SSSR count). The fourth-order valence-corrected chi connectivity index (χ4v) is 2.44. The van der Waals surface area contributed by atoms with Gasteiger partial charge in [-0.2, -0.15) is 0 Å². The number of rotatable bonds is 2. The Morgan fingerprint density at radius 2 is 1.81 bits per heavy atom. The van der Waals surface area contributed by atoms with Gasteiger partial charge in [0.2, 0.25) is 0 Å². The number of aromatic nitrogens is 1. The van der Waals surface area contributed by atoms with Crippen LogP contribution in [0.3, 0.4) is 0 Å². The summed E-state index contributed by atoms with van der Waals surface area (Å²) in [6, 6.07) is 9.37. The molecular formula is C21H15F3N2O. The molecule has 1 N–H and O–H groups in total. The first-order valence-corrected chi connectivity index (χ1v) is 8.10. The number of carbonyl (C=O) groups excluding carboxylic acids is 1. The molecule has 1 amide bonds. The highest BCUT2D eigenvalue weighted by atomic mass is 19.2. The van der Waals surface area contributed by atoms with Crippen molar-refractivity contribution in [1.29, 1.82) is 0 Å². The van der Waals surface area contributed by atoms with Crippen LogP contribution in [0.4, 0.5) is 13.2 Å². The van der Waals surface area contributed by atoms with Gasteiger partial charge in [-0.15, -0.1) is 0 Å². The second-order valence-electron chi connectivity index (χ2n) is 6.49. The molecule has 3 aromatic rings. The maximum Gasteiger partial charge on any atom is 0.254 e. The molecular weight excluding hydrogens is 353 g/mol. The molecule has 1 aromatic heterocycles. The number of pyridine rings is 1. The molecule has 136 valence electrons. The predicted octanol–water partition coefficient (Wildman–Crippen LogP) is 4.21. The van der Waals surface area contributed by atoms with Gasteiger partial charge in [-0.1, -0.05) is 24.0 Å². The maximum atomic E-state index is 13.7. The Morgan fingerprint density at radius 1 is 1.04 bits per heavy atom. The smallest absolute Gasteiger partial charge is 0.254 e. The van der Waals surface area contributed by atoms with Crippen LogP contribution in [0, 0.1) is 29.3 Å². The lowest BCUT2D eigenvalue weighted by atomic mass is 10.0. The van der Waals surface area contributed by atoms with Crippen molar-refractivity contribution in [2.45, 2.75) is 19.4 Å². The Labute approximate surface area is 154 Å². The van der Waals surface area contributed by atoms with Crippen LogP contribution in [-0.4, -0.2) is 16.4 Å². The molecule has 27 heavy (non-hydrogen) atoms. The summed E-state index contributed by atoms with van der Waals surface area (Å²) >= 11 is 0. The van der Waals surface area contributed by atoms with E-state index < -0.39 is 28.9 Å². The molecule has 6 heteroatoms. The Kier molecular flexibility index (Phi) is 4.87. The number of hydrogen-bond donors (Lipinski definition) is 1. The summed E-state index contributed by atoms with van der Waals surface area (Å²) in [7, 11) is 0. The Hall–Kier alpha value is -3.33. The average molecular weight is 368 g/mol. The minimum atomic E-state index is -0.988. The van der Waals surface area contributed by atoms with Gasteiger partial charge < -0.3 is 5.32 Å². The maximum absolute atomic E-state index is 13.7. The van der Waals surface area contributed by atoms with Crippen LogP contribution in [0.1, 0.15) is 29.8 Å². The van der Waals surface area contributed by atoms with Crippen molar-refractivity contribution in [3.8, 4) is 11.8 Å². The first-order valence-electron chi connectivity index (χ1n) is 8.10. The quantitative estimate of drug-likeness (QED) is 0.689. The van der Waals surface area contributed by atoms with E-state index in [1.165, 1.54) is 24.4 Å². The number of halogens is 3.